The van der Waals surface area contributed by atoms with Crippen LogP contribution in [0.3, 0.4) is 0 Å². The van der Waals surface area contributed by atoms with Gasteiger partial charge < -0.3 is 34.6 Å². The number of rotatable bonds is 18. The van der Waals surface area contributed by atoms with E-state index in [0.717, 1.165) is 26.2 Å². The van der Waals surface area contributed by atoms with E-state index >= 15 is 0 Å². The molecule has 0 bridgehead atoms. The van der Waals surface area contributed by atoms with Crippen LogP contribution in [0.2, 0.25) is 0 Å². The minimum atomic E-state index is -0.727. The smallest absolute Gasteiger partial charge is 0.226 e. The third-order valence-corrected chi connectivity index (χ3v) is 13.4. The number of carbonyl (C=O) groups is 6. The van der Waals surface area contributed by atoms with Gasteiger partial charge in [-0.2, -0.15) is 10.5 Å². The fourth-order valence-corrected chi connectivity index (χ4v) is 8.69. The van der Waals surface area contributed by atoms with Crippen LogP contribution in [-0.4, -0.2) is 141 Å². The molecule has 0 aliphatic carbocycles. The third kappa shape index (κ3) is 28.8. The Morgan fingerprint density at radius 1 is 0.526 bits per heavy atom. The maximum absolute atomic E-state index is 12.0. The topological polar surface area (TPSA) is 187 Å². The zero-order valence-electron chi connectivity index (χ0n) is 55.2. The van der Waals surface area contributed by atoms with Crippen LogP contribution >= 0.6 is 0 Å². The molecule has 6 amide bonds. The fourth-order valence-electron chi connectivity index (χ4n) is 8.69. The van der Waals surface area contributed by atoms with Crippen molar-refractivity contribution in [1.29, 1.82) is 10.5 Å². The van der Waals surface area contributed by atoms with Crippen molar-refractivity contribution in [1.82, 2.24) is 29.8 Å². The largest absolute Gasteiger partial charge is 0.377 e. The number of nitrogens with one attached hydrogen (secondary N) is 1. The summed E-state index contributed by atoms with van der Waals surface area (Å²) in [5, 5.41) is 20.9. The summed E-state index contributed by atoms with van der Waals surface area (Å²) in [6.45, 7) is 61.0. The molecular formula is C63H120N8O7. The minimum Gasteiger partial charge on any atom is -0.377 e. The van der Waals surface area contributed by atoms with E-state index in [0.29, 0.717) is 79.3 Å². The molecule has 0 aromatic rings. The molecule has 0 aromatic heterocycles. The number of nitrogens with zero attached hydrogens (tertiary/aromatic N) is 7. The van der Waals surface area contributed by atoms with Crippen LogP contribution in [-0.2, 0) is 33.5 Å². The second-order valence-corrected chi connectivity index (χ2v) is 26.7. The number of ether oxygens (including phenoxy) is 1. The predicted molar refractivity (Wildman–Crippen MR) is 320 cm³/mol. The average molecular weight is 1100 g/mol. The summed E-state index contributed by atoms with van der Waals surface area (Å²) in [4.78, 5) is 79.4. The molecule has 454 valence electrons. The van der Waals surface area contributed by atoms with E-state index in [2.05, 4.69) is 77.7 Å². The zero-order chi connectivity index (χ0) is 61.9. The Hall–Kier alpha value is -4.24. The van der Waals surface area contributed by atoms with E-state index in [4.69, 9.17) is 15.3 Å². The first-order chi connectivity index (χ1) is 35.6. The highest BCUT2D eigenvalue weighted by molar-refractivity contribution is 5.81. The molecule has 0 saturated carbocycles. The van der Waals surface area contributed by atoms with Crippen LogP contribution in [0.1, 0.15) is 213 Å². The van der Waals surface area contributed by atoms with Crippen molar-refractivity contribution in [3.63, 3.8) is 0 Å². The van der Waals surface area contributed by atoms with Gasteiger partial charge in [0.25, 0.3) is 0 Å². The van der Waals surface area contributed by atoms with Crippen LogP contribution in [0, 0.1) is 87.8 Å². The number of likely N-dealkylation sites (tertiary alicyclic amines) is 2. The van der Waals surface area contributed by atoms with Crippen molar-refractivity contribution in [2.24, 2.45) is 65.1 Å². The Kier molecular flexibility index (Phi) is 37.6. The summed E-state index contributed by atoms with van der Waals surface area (Å²) in [6.07, 6.45) is 3.56. The lowest BCUT2D eigenvalue weighted by Crippen LogP contribution is -2.54. The van der Waals surface area contributed by atoms with Gasteiger partial charge in [0, 0.05) is 86.4 Å². The number of hydrogen-bond acceptors (Lipinski definition) is 9. The molecule has 15 heteroatoms. The SMILES string of the molecule is CC(C)C(=O)N(C(C)C)C(C)(C)C#N.CC(C)C(=O)N1CCC1C(C)C.CC(C)C(=O)N1CCCC1C(C)C.CC(C)CN(C(=O)C(C)C)C(C)(C)C#N.CC(C)CN(C(=O)C(C)C)C1COC1.CC(C)CNC(=O)C(C)C. The number of carbonyl (C=O) groups excluding carboxylic acids is 6. The Morgan fingerprint density at radius 3 is 1.22 bits per heavy atom. The summed E-state index contributed by atoms with van der Waals surface area (Å²) in [6, 6.07) is 5.74. The lowest BCUT2D eigenvalue weighted by molar-refractivity contribution is -0.148. The van der Waals surface area contributed by atoms with Gasteiger partial charge in [-0.05, 0) is 90.4 Å². The molecule has 1 N–H and O–H groups in total. The summed E-state index contributed by atoms with van der Waals surface area (Å²) < 4.78 is 5.13. The fraction of sp³-hybridized carbons (Fsp3) is 0.873. The van der Waals surface area contributed by atoms with Crippen molar-refractivity contribution >= 4 is 35.4 Å². The molecule has 0 radical (unpaired) electrons. The van der Waals surface area contributed by atoms with Gasteiger partial charge in [0.05, 0.1) is 31.4 Å². The molecule has 3 fully saturated rings. The molecule has 3 aliphatic rings. The van der Waals surface area contributed by atoms with E-state index in [1.807, 2.05) is 121 Å². The molecule has 2 atom stereocenters. The normalized spacial score (nSPS) is 16.2. The Morgan fingerprint density at radius 2 is 0.936 bits per heavy atom. The molecule has 2 unspecified atom stereocenters. The summed E-state index contributed by atoms with van der Waals surface area (Å²) >= 11 is 0. The predicted octanol–water partition coefficient (Wildman–Crippen LogP) is 11.7. The monoisotopic (exact) mass is 1100 g/mol. The van der Waals surface area contributed by atoms with Gasteiger partial charge in [0.15, 0.2) is 0 Å². The van der Waals surface area contributed by atoms with Crippen molar-refractivity contribution in [3.8, 4) is 12.1 Å². The van der Waals surface area contributed by atoms with Gasteiger partial charge in [-0.25, -0.2) is 0 Å². The van der Waals surface area contributed by atoms with Gasteiger partial charge in [-0.3, -0.25) is 28.8 Å². The van der Waals surface area contributed by atoms with E-state index in [1.165, 1.54) is 19.3 Å². The summed E-state index contributed by atoms with van der Waals surface area (Å²) in [7, 11) is 0. The quantitative estimate of drug-likeness (QED) is 0.139. The highest BCUT2D eigenvalue weighted by atomic mass is 16.5. The van der Waals surface area contributed by atoms with Crippen molar-refractivity contribution in [2.75, 3.05) is 45.9 Å². The summed E-state index contributed by atoms with van der Waals surface area (Å²) in [5.41, 5.74) is -1.44. The minimum absolute atomic E-state index is 0.0338. The molecule has 15 nitrogen and oxygen atoms in total. The molecule has 3 saturated heterocycles. The van der Waals surface area contributed by atoms with Crippen LogP contribution in [0.4, 0.5) is 0 Å². The Balaban J connectivity index is -0.000000869. The van der Waals surface area contributed by atoms with Crippen molar-refractivity contribution in [2.45, 2.75) is 248 Å². The lowest BCUT2D eigenvalue weighted by atomic mass is 9.90. The first-order valence-electron chi connectivity index (χ1n) is 29.8. The van der Waals surface area contributed by atoms with Crippen LogP contribution in [0.25, 0.3) is 0 Å². The second-order valence-electron chi connectivity index (χ2n) is 26.7. The molecule has 3 heterocycles. The van der Waals surface area contributed by atoms with Gasteiger partial charge in [-0.1, -0.05) is 152 Å². The second kappa shape index (κ2) is 37.6. The van der Waals surface area contributed by atoms with E-state index in [-0.39, 0.29) is 65.2 Å². The van der Waals surface area contributed by atoms with Crippen LogP contribution < -0.4 is 5.32 Å². The maximum Gasteiger partial charge on any atom is 0.226 e. The number of nitriles is 2. The number of amides is 6. The lowest BCUT2D eigenvalue weighted by Gasteiger charge is -2.44. The van der Waals surface area contributed by atoms with Crippen LogP contribution in [0.5, 0.6) is 0 Å². The molecule has 78 heavy (non-hydrogen) atoms. The molecule has 0 spiro atoms. The Labute approximate surface area is 479 Å². The van der Waals surface area contributed by atoms with Crippen LogP contribution in [0.15, 0.2) is 0 Å². The zero-order valence-corrected chi connectivity index (χ0v) is 55.2. The first-order valence-corrected chi connectivity index (χ1v) is 29.8. The van der Waals surface area contributed by atoms with Gasteiger partial charge >= 0.3 is 0 Å². The maximum atomic E-state index is 12.0. The van der Waals surface area contributed by atoms with Crippen molar-refractivity contribution < 1.29 is 33.5 Å². The molecule has 3 rings (SSSR count). The third-order valence-electron chi connectivity index (χ3n) is 13.4. The van der Waals surface area contributed by atoms with Gasteiger partial charge in [0.2, 0.25) is 35.4 Å². The highest BCUT2D eigenvalue weighted by Gasteiger charge is 2.37. The highest BCUT2D eigenvalue weighted by Crippen LogP contribution is 2.27. The standard InChI is InChI=1S/C12H22N2O.C11H20N2O.C11H21NO2.C11H21NO.C10H19NO.C8H17NO/c1-9(2)7-14(11(15)10(3)4)12(5,6)8-13;1-8(2)10(14)13(9(3)4)11(5,6)7-12;1-8(2)5-12(10-6-14-7-10)11(13)9(3)4;1-8(2)10-6-5-7-12(10)11(13)9(3)4;1-7(2)9-5-6-11(9)10(12)8(3)4;1-6(2)5-9-8(10)7(3)4/h9-10H,7H2,1-6H3;8-9H,1-6H3;8-10H,5-7H2,1-4H3;8-10H,5-7H2,1-4H3;7-9H,5-6H2,1-4H3;6-7H,5H2,1-4H3,(H,9,10). The van der Waals surface area contributed by atoms with E-state index < -0.39 is 11.1 Å². The molecule has 0 aromatic carbocycles. The molecule has 3 aliphatic heterocycles. The van der Waals surface area contributed by atoms with E-state index in [9.17, 15) is 28.8 Å². The first kappa shape index (κ1) is 78.0. The number of hydrogen-bond donors (Lipinski definition) is 1. The average Bonchev–Trinajstić information content (AvgIpc) is 3.79. The summed E-state index contributed by atoms with van der Waals surface area (Å²) in [5.74, 6) is 4.19. The van der Waals surface area contributed by atoms with Crippen molar-refractivity contribution in [3.05, 3.63) is 0 Å². The molecular weight excluding hydrogens is 981 g/mol. The Bertz CT molecular complexity index is 1850. The van der Waals surface area contributed by atoms with Gasteiger partial charge in [0.1, 0.15) is 11.1 Å². The van der Waals surface area contributed by atoms with Gasteiger partial charge in [-0.15, -0.1) is 0 Å². The van der Waals surface area contributed by atoms with E-state index in [1.54, 1.807) is 37.5 Å².